The third-order valence-corrected chi connectivity index (χ3v) is 8.60. The lowest BCUT2D eigenvalue weighted by molar-refractivity contribution is -0.117. The second-order valence-corrected chi connectivity index (χ2v) is 11.2. The molecule has 2 saturated heterocycles. The van der Waals surface area contributed by atoms with Gasteiger partial charge in [-0.25, -0.2) is 8.42 Å². The SMILES string of the molecule is CCCCC(=O)N=C1S[C@H]2CS(=O)(=O)C[C@@H]2N1c1ccc(OCc2ccccc2)cc1. The summed E-state index contributed by atoms with van der Waals surface area (Å²) in [5.74, 6) is 0.783. The van der Waals surface area contributed by atoms with E-state index in [1.165, 1.54) is 11.8 Å². The predicted octanol–water partition coefficient (Wildman–Crippen LogP) is 4.06. The Kier molecular flexibility index (Phi) is 6.67. The van der Waals surface area contributed by atoms with Gasteiger partial charge in [-0.1, -0.05) is 55.4 Å². The third-order valence-electron chi connectivity index (χ3n) is 5.39. The number of amidine groups is 1. The van der Waals surface area contributed by atoms with Crippen molar-refractivity contribution in [2.45, 2.75) is 44.1 Å². The average molecular weight is 459 g/mol. The molecular weight excluding hydrogens is 432 g/mol. The van der Waals surface area contributed by atoms with Gasteiger partial charge in [0.25, 0.3) is 0 Å². The number of hydrogen-bond donors (Lipinski definition) is 0. The highest BCUT2D eigenvalue weighted by atomic mass is 32.2. The summed E-state index contributed by atoms with van der Waals surface area (Å²) in [4.78, 5) is 18.6. The van der Waals surface area contributed by atoms with Crippen molar-refractivity contribution in [1.29, 1.82) is 0 Å². The van der Waals surface area contributed by atoms with Crippen LogP contribution in [-0.4, -0.2) is 42.3 Å². The number of anilines is 1. The standard InChI is InChI=1S/C23H26N2O4S2/c1-2-3-9-22(26)24-23-25(20-15-31(27,28)16-21(20)30-23)18-10-12-19(13-11-18)29-14-17-7-5-4-6-8-17/h4-8,10-13,20-21H,2-3,9,14-16H2,1H3/t20-,21-/m0/s1. The van der Waals surface area contributed by atoms with Crippen molar-refractivity contribution in [3.63, 3.8) is 0 Å². The monoisotopic (exact) mass is 458 g/mol. The van der Waals surface area contributed by atoms with Crippen LogP contribution in [0, 0.1) is 0 Å². The molecule has 2 aromatic rings. The summed E-state index contributed by atoms with van der Waals surface area (Å²) in [6.45, 7) is 2.51. The maximum Gasteiger partial charge on any atom is 0.248 e. The molecule has 0 unspecified atom stereocenters. The first-order valence-corrected chi connectivity index (χ1v) is 13.2. The maximum absolute atomic E-state index is 12.3. The lowest BCUT2D eigenvalue weighted by Crippen LogP contribution is -2.37. The molecule has 2 heterocycles. The Labute approximate surface area is 187 Å². The number of unbranched alkanes of at least 4 members (excludes halogenated alkanes) is 1. The van der Waals surface area contributed by atoms with Gasteiger partial charge in [0.2, 0.25) is 5.91 Å². The van der Waals surface area contributed by atoms with E-state index in [2.05, 4.69) is 4.99 Å². The first-order chi connectivity index (χ1) is 14.9. The molecule has 4 rings (SSSR count). The molecule has 2 aliphatic heterocycles. The van der Waals surface area contributed by atoms with E-state index in [9.17, 15) is 13.2 Å². The van der Waals surface area contributed by atoms with E-state index in [-0.39, 0.29) is 28.7 Å². The van der Waals surface area contributed by atoms with Crippen molar-refractivity contribution in [2.24, 2.45) is 4.99 Å². The summed E-state index contributed by atoms with van der Waals surface area (Å²) < 4.78 is 30.3. The number of nitrogens with zero attached hydrogens (tertiary/aromatic N) is 2. The molecule has 0 saturated carbocycles. The molecule has 0 aliphatic carbocycles. The van der Waals surface area contributed by atoms with Crippen LogP contribution < -0.4 is 9.64 Å². The fraction of sp³-hybridized carbons (Fsp3) is 0.391. The van der Waals surface area contributed by atoms with Crippen LogP contribution in [0.25, 0.3) is 0 Å². The van der Waals surface area contributed by atoms with Gasteiger partial charge in [0.1, 0.15) is 12.4 Å². The van der Waals surface area contributed by atoms with Crippen LogP contribution in [0.4, 0.5) is 5.69 Å². The molecule has 2 atom stereocenters. The molecule has 8 heteroatoms. The Morgan fingerprint density at radius 1 is 1.13 bits per heavy atom. The molecule has 164 valence electrons. The van der Waals surface area contributed by atoms with Gasteiger partial charge < -0.3 is 9.64 Å². The second-order valence-electron chi connectivity index (χ2n) is 7.83. The van der Waals surface area contributed by atoms with E-state index in [1.54, 1.807) is 0 Å². The van der Waals surface area contributed by atoms with Crippen LogP contribution >= 0.6 is 11.8 Å². The van der Waals surface area contributed by atoms with E-state index in [0.717, 1.165) is 29.8 Å². The first kappa shape index (κ1) is 21.9. The van der Waals surface area contributed by atoms with Crippen molar-refractivity contribution in [2.75, 3.05) is 16.4 Å². The van der Waals surface area contributed by atoms with Crippen LogP contribution in [0.3, 0.4) is 0 Å². The number of rotatable bonds is 7. The Morgan fingerprint density at radius 2 is 1.87 bits per heavy atom. The number of aliphatic imine (C=N–C) groups is 1. The molecule has 1 amide bonds. The van der Waals surface area contributed by atoms with Gasteiger partial charge >= 0.3 is 0 Å². The van der Waals surface area contributed by atoms with Gasteiger partial charge in [-0.2, -0.15) is 4.99 Å². The Balaban J connectivity index is 1.53. The van der Waals surface area contributed by atoms with E-state index < -0.39 is 9.84 Å². The first-order valence-electron chi connectivity index (χ1n) is 10.5. The minimum Gasteiger partial charge on any atom is -0.489 e. The fourth-order valence-electron chi connectivity index (χ4n) is 3.80. The van der Waals surface area contributed by atoms with Crippen molar-refractivity contribution in [3.8, 4) is 5.75 Å². The van der Waals surface area contributed by atoms with Gasteiger partial charge in [0.05, 0.1) is 17.5 Å². The van der Waals surface area contributed by atoms with E-state index in [1.807, 2.05) is 66.4 Å². The highest BCUT2D eigenvalue weighted by molar-refractivity contribution is 8.16. The number of amides is 1. The van der Waals surface area contributed by atoms with Crippen molar-refractivity contribution in [3.05, 3.63) is 60.2 Å². The van der Waals surface area contributed by atoms with Crippen LogP contribution in [-0.2, 0) is 21.2 Å². The number of ether oxygens (including phenoxy) is 1. The van der Waals surface area contributed by atoms with Crippen LogP contribution in [0.15, 0.2) is 59.6 Å². The van der Waals surface area contributed by atoms with Crippen molar-refractivity contribution < 1.29 is 17.9 Å². The summed E-state index contributed by atoms with van der Waals surface area (Å²) in [6.07, 6.45) is 2.14. The number of fused-ring (bicyclic) bond motifs is 1. The summed E-state index contributed by atoms with van der Waals surface area (Å²) >= 11 is 1.40. The summed E-state index contributed by atoms with van der Waals surface area (Å²) in [5, 5.41) is 0.501. The average Bonchev–Trinajstić information content (AvgIpc) is 3.22. The molecule has 2 aromatic carbocycles. The smallest absolute Gasteiger partial charge is 0.248 e. The topological polar surface area (TPSA) is 76.0 Å². The molecule has 0 aromatic heterocycles. The Morgan fingerprint density at radius 3 is 2.58 bits per heavy atom. The van der Waals surface area contributed by atoms with Crippen molar-refractivity contribution >= 4 is 38.4 Å². The second kappa shape index (κ2) is 9.44. The molecule has 31 heavy (non-hydrogen) atoms. The molecule has 2 aliphatic rings. The number of hydrogen-bond acceptors (Lipinski definition) is 5. The number of benzene rings is 2. The maximum atomic E-state index is 12.3. The lowest BCUT2D eigenvalue weighted by atomic mass is 10.2. The summed E-state index contributed by atoms with van der Waals surface area (Å²) in [6, 6.07) is 17.3. The van der Waals surface area contributed by atoms with Crippen LogP contribution in [0.1, 0.15) is 31.7 Å². The van der Waals surface area contributed by atoms with E-state index in [0.29, 0.717) is 18.2 Å². The molecule has 0 bridgehead atoms. The zero-order chi connectivity index (χ0) is 21.8. The number of carbonyl (C=O) groups excluding carboxylic acids is 1. The quantitative estimate of drug-likeness (QED) is 0.623. The summed E-state index contributed by atoms with van der Waals surface area (Å²) in [7, 11) is -3.09. The molecule has 2 fully saturated rings. The van der Waals surface area contributed by atoms with Gasteiger partial charge in [-0.05, 0) is 36.2 Å². The third kappa shape index (κ3) is 5.30. The fourth-order valence-corrected chi connectivity index (χ4v) is 7.73. The molecule has 0 spiro atoms. The number of sulfone groups is 1. The molecular formula is C23H26N2O4S2. The van der Waals surface area contributed by atoms with Gasteiger partial charge in [-0.15, -0.1) is 0 Å². The summed E-state index contributed by atoms with van der Waals surface area (Å²) in [5.41, 5.74) is 1.91. The largest absolute Gasteiger partial charge is 0.489 e. The molecule has 0 radical (unpaired) electrons. The Bertz CT molecular complexity index is 1050. The van der Waals surface area contributed by atoms with E-state index in [4.69, 9.17) is 4.74 Å². The van der Waals surface area contributed by atoms with Crippen LogP contribution in [0.5, 0.6) is 5.75 Å². The van der Waals surface area contributed by atoms with Gasteiger partial charge in [0, 0.05) is 17.4 Å². The van der Waals surface area contributed by atoms with E-state index >= 15 is 0 Å². The van der Waals surface area contributed by atoms with Gasteiger partial charge in [-0.3, -0.25) is 4.79 Å². The normalized spacial score (nSPS) is 23.1. The van der Waals surface area contributed by atoms with Crippen LogP contribution in [0.2, 0.25) is 0 Å². The van der Waals surface area contributed by atoms with Crippen molar-refractivity contribution in [1.82, 2.24) is 0 Å². The Hall–Kier alpha value is -2.32. The minimum absolute atomic E-state index is 0.0824. The minimum atomic E-state index is -3.09. The van der Waals surface area contributed by atoms with Gasteiger partial charge in [0.15, 0.2) is 15.0 Å². The zero-order valence-corrected chi connectivity index (χ0v) is 19.1. The number of carbonyl (C=O) groups is 1. The predicted molar refractivity (Wildman–Crippen MR) is 125 cm³/mol. The highest BCUT2D eigenvalue weighted by Crippen LogP contribution is 2.41. The number of thioether (sulfide) groups is 1. The molecule has 0 N–H and O–H groups in total. The lowest BCUT2D eigenvalue weighted by Gasteiger charge is -2.24. The molecule has 6 nitrogen and oxygen atoms in total. The zero-order valence-electron chi connectivity index (χ0n) is 17.4. The highest BCUT2D eigenvalue weighted by Gasteiger charge is 2.49.